The lowest BCUT2D eigenvalue weighted by Crippen LogP contribution is -2.10. The number of ether oxygens (including phenoxy) is 1. The lowest BCUT2D eigenvalue weighted by molar-refractivity contribution is 0.299. The molecule has 1 aromatic heterocycles. The third-order valence-corrected chi connectivity index (χ3v) is 3.67. The molecule has 3 aromatic rings. The van der Waals surface area contributed by atoms with Crippen LogP contribution in [0.4, 0.5) is 0 Å². The Morgan fingerprint density at radius 1 is 1.14 bits per heavy atom. The lowest BCUT2D eigenvalue weighted by Gasteiger charge is -2.09. The van der Waals surface area contributed by atoms with Crippen LogP contribution in [0.1, 0.15) is 11.4 Å². The van der Waals surface area contributed by atoms with E-state index in [0.717, 1.165) is 29.2 Å². The minimum atomic E-state index is 0.402. The van der Waals surface area contributed by atoms with Crippen molar-refractivity contribution in [3.63, 3.8) is 0 Å². The van der Waals surface area contributed by atoms with E-state index in [1.807, 2.05) is 30.3 Å². The molecule has 3 nitrogen and oxygen atoms in total. The molecule has 0 saturated heterocycles. The van der Waals surface area contributed by atoms with Crippen LogP contribution >= 0.6 is 11.6 Å². The minimum Gasteiger partial charge on any atom is -0.492 e. The molecule has 0 atom stereocenters. The molecule has 0 aliphatic heterocycles. The van der Waals surface area contributed by atoms with E-state index < -0.39 is 0 Å². The summed E-state index contributed by atoms with van der Waals surface area (Å²) in [6.07, 6.45) is 0. The molecular weight excluding hydrogens is 284 g/mol. The molecule has 1 heterocycles. The van der Waals surface area contributed by atoms with Crippen molar-refractivity contribution in [2.45, 2.75) is 19.3 Å². The molecule has 0 aliphatic rings. The zero-order valence-corrected chi connectivity index (χ0v) is 12.7. The zero-order chi connectivity index (χ0) is 14.7. The fraction of sp³-hybridized carbons (Fsp3) is 0.235. The van der Waals surface area contributed by atoms with Gasteiger partial charge in [-0.05, 0) is 36.8 Å². The van der Waals surface area contributed by atoms with Crippen molar-refractivity contribution >= 4 is 22.6 Å². The Kier molecular flexibility index (Phi) is 4.11. The first kappa shape index (κ1) is 14.0. The van der Waals surface area contributed by atoms with Gasteiger partial charge in [-0.15, -0.1) is 11.6 Å². The number of aromatic nitrogens is 2. The summed E-state index contributed by atoms with van der Waals surface area (Å²) in [4.78, 5) is 4.59. The van der Waals surface area contributed by atoms with Crippen LogP contribution < -0.4 is 4.74 Å². The SMILES string of the molecule is Cc1ccc2c(c1)nc(CCl)n2CCOc1ccccc1. The largest absolute Gasteiger partial charge is 0.492 e. The van der Waals surface area contributed by atoms with Gasteiger partial charge in [0.05, 0.1) is 23.5 Å². The van der Waals surface area contributed by atoms with E-state index >= 15 is 0 Å². The van der Waals surface area contributed by atoms with Gasteiger partial charge in [-0.3, -0.25) is 0 Å². The van der Waals surface area contributed by atoms with Crippen molar-refractivity contribution in [2.24, 2.45) is 0 Å². The summed E-state index contributed by atoms with van der Waals surface area (Å²) in [6, 6.07) is 16.1. The van der Waals surface area contributed by atoms with Gasteiger partial charge >= 0.3 is 0 Å². The topological polar surface area (TPSA) is 27.1 Å². The van der Waals surface area contributed by atoms with E-state index in [-0.39, 0.29) is 0 Å². The average Bonchev–Trinajstić information content (AvgIpc) is 2.85. The monoisotopic (exact) mass is 300 g/mol. The smallest absolute Gasteiger partial charge is 0.124 e. The number of para-hydroxylation sites is 1. The summed E-state index contributed by atoms with van der Waals surface area (Å²) in [7, 11) is 0. The van der Waals surface area contributed by atoms with E-state index in [2.05, 4.69) is 34.7 Å². The van der Waals surface area contributed by atoms with Crippen molar-refractivity contribution in [1.29, 1.82) is 0 Å². The lowest BCUT2D eigenvalue weighted by atomic mass is 10.2. The summed E-state index contributed by atoms with van der Waals surface area (Å²) in [5.74, 6) is 2.16. The summed E-state index contributed by atoms with van der Waals surface area (Å²) < 4.78 is 7.89. The molecule has 3 rings (SSSR count). The van der Waals surface area contributed by atoms with E-state index in [1.54, 1.807) is 0 Å². The average molecular weight is 301 g/mol. The summed E-state index contributed by atoms with van der Waals surface area (Å²) in [5.41, 5.74) is 3.30. The van der Waals surface area contributed by atoms with Crippen LogP contribution in [0.25, 0.3) is 11.0 Å². The second kappa shape index (κ2) is 6.19. The maximum absolute atomic E-state index is 6.02. The van der Waals surface area contributed by atoms with Crippen LogP contribution in [0.5, 0.6) is 5.75 Å². The minimum absolute atomic E-state index is 0.402. The number of alkyl halides is 1. The van der Waals surface area contributed by atoms with Gasteiger partial charge in [0.2, 0.25) is 0 Å². The van der Waals surface area contributed by atoms with E-state index in [0.29, 0.717) is 12.5 Å². The first-order chi connectivity index (χ1) is 10.3. The quantitative estimate of drug-likeness (QED) is 0.662. The number of halogens is 1. The number of fused-ring (bicyclic) bond motifs is 1. The van der Waals surface area contributed by atoms with Crippen LogP contribution in [0.2, 0.25) is 0 Å². The molecule has 0 saturated carbocycles. The van der Waals surface area contributed by atoms with Crippen molar-refractivity contribution in [3.8, 4) is 5.75 Å². The van der Waals surface area contributed by atoms with Gasteiger partial charge in [0.15, 0.2) is 0 Å². The fourth-order valence-corrected chi connectivity index (χ4v) is 2.62. The van der Waals surface area contributed by atoms with Crippen LogP contribution in [0, 0.1) is 6.92 Å². The van der Waals surface area contributed by atoms with Crippen molar-refractivity contribution in [2.75, 3.05) is 6.61 Å². The normalized spacial score (nSPS) is 11.0. The highest BCUT2D eigenvalue weighted by Gasteiger charge is 2.09. The van der Waals surface area contributed by atoms with Crippen LogP contribution in [0.3, 0.4) is 0 Å². The number of rotatable bonds is 5. The van der Waals surface area contributed by atoms with Crippen LogP contribution in [-0.4, -0.2) is 16.2 Å². The van der Waals surface area contributed by atoms with E-state index in [1.165, 1.54) is 5.56 Å². The zero-order valence-electron chi connectivity index (χ0n) is 11.9. The highest BCUT2D eigenvalue weighted by molar-refractivity contribution is 6.16. The molecule has 108 valence electrons. The molecule has 0 amide bonds. The predicted octanol–water partition coefficient (Wildman–Crippen LogP) is 4.16. The summed E-state index contributed by atoms with van der Waals surface area (Å²) in [6.45, 7) is 3.39. The Hall–Kier alpha value is -2.00. The number of imidazole rings is 1. The maximum Gasteiger partial charge on any atom is 0.124 e. The van der Waals surface area contributed by atoms with Crippen LogP contribution in [-0.2, 0) is 12.4 Å². The van der Waals surface area contributed by atoms with Gasteiger partial charge in [0, 0.05) is 0 Å². The Balaban J connectivity index is 1.79. The third-order valence-electron chi connectivity index (χ3n) is 3.43. The number of hydrogen-bond acceptors (Lipinski definition) is 2. The number of hydrogen-bond donors (Lipinski definition) is 0. The first-order valence-electron chi connectivity index (χ1n) is 6.97. The molecule has 0 aliphatic carbocycles. The van der Waals surface area contributed by atoms with Crippen LogP contribution in [0.15, 0.2) is 48.5 Å². The number of nitrogens with zero attached hydrogens (tertiary/aromatic N) is 2. The first-order valence-corrected chi connectivity index (χ1v) is 7.51. The van der Waals surface area contributed by atoms with Crippen molar-refractivity contribution in [3.05, 3.63) is 59.9 Å². The molecule has 0 unspecified atom stereocenters. The standard InChI is InChI=1S/C17H17ClN2O/c1-13-7-8-16-15(11-13)19-17(12-18)20(16)9-10-21-14-5-3-2-4-6-14/h2-8,11H,9-10,12H2,1H3. The highest BCUT2D eigenvalue weighted by atomic mass is 35.5. The van der Waals surface area contributed by atoms with Gasteiger partial charge in [-0.25, -0.2) is 4.98 Å². The van der Waals surface area contributed by atoms with Gasteiger partial charge < -0.3 is 9.30 Å². The Morgan fingerprint density at radius 3 is 2.71 bits per heavy atom. The molecule has 0 spiro atoms. The van der Waals surface area contributed by atoms with Crippen molar-refractivity contribution < 1.29 is 4.74 Å². The second-order valence-electron chi connectivity index (χ2n) is 4.97. The van der Waals surface area contributed by atoms with E-state index in [4.69, 9.17) is 16.3 Å². The van der Waals surface area contributed by atoms with E-state index in [9.17, 15) is 0 Å². The summed E-state index contributed by atoms with van der Waals surface area (Å²) >= 11 is 6.02. The molecule has 21 heavy (non-hydrogen) atoms. The molecule has 0 radical (unpaired) electrons. The molecular formula is C17H17ClN2O. The molecule has 0 bridgehead atoms. The van der Waals surface area contributed by atoms with Crippen molar-refractivity contribution in [1.82, 2.24) is 9.55 Å². The Bertz CT molecular complexity index is 737. The highest BCUT2D eigenvalue weighted by Crippen LogP contribution is 2.19. The Labute approximate surface area is 129 Å². The maximum atomic E-state index is 6.02. The molecule has 2 aromatic carbocycles. The Morgan fingerprint density at radius 2 is 1.95 bits per heavy atom. The number of benzene rings is 2. The van der Waals surface area contributed by atoms with Gasteiger partial charge in [0.25, 0.3) is 0 Å². The number of aryl methyl sites for hydroxylation is 1. The fourth-order valence-electron chi connectivity index (χ4n) is 2.41. The molecule has 0 fully saturated rings. The van der Waals surface area contributed by atoms with Gasteiger partial charge in [-0.1, -0.05) is 24.3 Å². The second-order valence-corrected chi connectivity index (χ2v) is 5.23. The van der Waals surface area contributed by atoms with Gasteiger partial charge in [-0.2, -0.15) is 0 Å². The van der Waals surface area contributed by atoms with Gasteiger partial charge in [0.1, 0.15) is 18.2 Å². The molecule has 4 heteroatoms. The molecule has 0 N–H and O–H groups in total. The predicted molar refractivity (Wildman–Crippen MR) is 86.0 cm³/mol. The third kappa shape index (κ3) is 3.03. The summed E-state index contributed by atoms with van der Waals surface area (Å²) in [5, 5.41) is 0.